The summed E-state index contributed by atoms with van der Waals surface area (Å²) in [5, 5.41) is 10.2. The predicted octanol–water partition coefficient (Wildman–Crippen LogP) is -1.11. The number of aliphatic carboxylic acids is 1. The van der Waals surface area contributed by atoms with Crippen LogP contribution >= 0.6 is 8.60 Å². The molecule has 0 aromatic rings. The Morgan fingerprint density at radius 3 is 1.03 bits per heavy atom. The fraction of sp³-hybridized carbons (Fsp3) is 0.167. The molecular formula is C24H20NaO8PTe4. The van der Waals surface area contributed by atoms with Gasteiger partial charge in [0.15, 0.2) is 0 Å². The number of carboxylic acids is 1. The van der Waals surface area contributed by atoms with Crippen LogP contribution in [0.1, 0.15) is 0 Å². The Morgan fingerprint density at radius 2 is 0.816 bits per heavy atom. The van der Waals surface area contributed by atoms with Gasteiger partial charge in [0.05, 0.1) is 0 Å². The molecule has 0 N–H and O–H groups in total. The van der Waals surface area contributed by atoms with E-state index in [1.165, 1.54) is 0 Å². The molecule has 4 aliphatic rings. The fourth-order valence-electron chi connectivity index (χ4n) is 2.51. The molecule has 194 valence electrons. The Hall–Kier alpha value is 0.388. The van der Waals surface area contributed by atoms with Gasteiger partial charge in [0.2, 0.25) is 0 Å². The van der Waals surface area contributed by atoms with Crippen molar-refractivity contribution in [2.75, 3.05) is 0 Å². The molecule has 0 fully saturated rings. The van der Waals surface area contributed by atoms with Gasteiger partial charge in [-0.3, -0.25) is 0 Å². The Balaban J connectivity index is 0.000000430. The average Bonchev–Trinajstić information content (AvgIpc) is 2.95. The van der Waals surface area contributed by atoms with E-state index < -0.39 is 116 Å². The molecular weight excluding hydrogens is 981 g/mol. The van der Waals surface area contributed by atoms with Crippen molar-refractivity contribution in [2.45, 2.75) is 15.9 Å². The molecule has 4 unspecified atom stereocenters. The van der Waals surface area contributed by atoms with Crippen LogP contribution in [0.25, 0.3) is 0 Å². The normalized spacial score (nSPS) is 24.8. The van der Waals surface area contributed by atoms with Crippen LogP contribution in [-0.4, -0.2) is 108 Å². The first kappa shape index (κ1) is 34.6. The number of rotatable bonds is 7. The van der Waals surface area contributed by atoms with Gasteiger partial charge in [0.25, 0.3) is 0 Å². The van der Waals surface area contributed by atoms with Gasteiger partial charge < -0.3 is 0 Å². The molecule has 0 spiro atoms. The minimum absolute atomic E-state index is 0. The van der Waals surface area contributed by atoms with Crippen LogP contribution in [0.3, 0.4) is 0 Å². The molecule has 14 heteroatoms. The topological polar surface area (TPSA) is 119 Å². The quantitative estimate of drug-likeness (QED) is 0.233. The molecule has 8 nitrogen and oxygen atoms in total. The van der Waals surface area contributed by atoms with Crippen LogP contribution in [0.2, 0.25) is 15.9 Å². The van der Waals surface area contributed by atoms with Crippen LogP contribution in [0.5, 0.6) is 0 Å². The van der Waals surface area contributed by atoms with E-state index in [-0.39, 0.29) is 45.4 Å². The maximum atomic E-state index is 12.4. The third kappa shape index (κ3) is 12.5. The smallest absolute Gasteiger partial charge is 1.00 e. The molecule has 4 heterocycles. The van der Waals surface area contributed by atoms with Crippen molar-refractivity contribution >= 4 is 116 Å². The Bertz CT molecular complexity index is 1010. The van der Waals surface area contributed by atoms with Gasteiger partial charge in [-0.2, -0.15) is 0 Å². The summed E-state index contributed by atoms with van der Waals surface area (Å²) in [6.45, 7) is 0. The van der Waals surface area contributed by atoms with Crippen LogP contribution in [-0.2, 0) is 32.7 Å². The van der Waals surface area contributed by atoms with E-state index in [0.29, 0.717) is 0 Å². The standard InChI is InChI=1S/C18H15O6PTe3.C6H6O2Te.Na/c19-16(13-7-1-4-10-26-13)22-25(23-17(20)14-8-2-5-11-27-14)24-18(21)15-9-3-6-12-28-15;7-6(8)5-3-1-2-4-9-5;/h1-15H;1-5H,(H,7,8);/q;;+1/p-1. The number of carbonyl (C=O) groups is 4. The largest absolute Gasteiger partial charge is 1.00 e. The third-order valence-corrected chi connectivity index (χ3v) is 16.1. The molecule has 0 saturated carbocycles. The average molecular weight is 1000 g/mol. The molecule has 0 aromatic heterocycles. The van der Waals surface area contributed by atoms with Gasteiger partial charge in [0, 0.05) is 0 Å². The third-order valence-electron chi connectivity index (χ3n) is 4.23. The molecule has 0 bridgehead atoms. The van der Waals surface area contributed by atoms with E-state index in [0.717, 1.165) is 0 Å². The van der Waals surface area contributed by atoms with E-state index in [1.807, 2.05) is 40.8 Å². The van der Waals surface area contributed by atoms with Crippen LogP contribution in [0.15, 0.2) is 89.4 Å². The second kappa shape index (κ2) is 19.5. The van der Waals surface area contributed by atoms with Crippen molar-refractivity contribution < 1.29 is 67.4 Å². The van der Waals surface area contributed by atoms with Crippen molar-refractivity contribution in [3.8, 4) is 0 Å². The Morgan fingerprint density at radius 1 is 0.526 bits per heavy atom. The molecule has 0 saturated heterocycles. The summed E-state index contributed by atoms with van der Waals surface area (Å²) < 4.78 is 22.6. The summed E-state index contributed by atoms with van der Waals surface area (Å²) in [7, 11) is -2.41. The first-order valence-electron chi connectivity index (χ1n) is 10.6. The molecule has 4 rings (SSSR count). The van der Waals surface area contributed by atoms with Gasteiger partial charge >= 0.3 is 289 Å². The maximum Gasteiger partial charge on any atom is 1.00 e. The van der Waals surface area contributed by atoms with Crippen LogP contribution < -0.4 is 34.7 Å². The maximum absolute atomic E-state index is 12.4. The Labute approximate surface area is 284 Å². The number of hydrogen-bond donors (Lipinski definition) is 0. The van der Waals surface area contributed by atoms with Gasteiger partial charge in [-0.1, -0.05) is 0 Å². The number of carboxylic acid groups (broad SMARTS) is 1. The molecule has 0 amide bonds. The molecule has 38 heavy (non-hydrogen) atoms. The monoisotopic (exact) mass is 1010 g/mol. The van der Waals surface area contributed by atoms with Gasteiger partial charge in [-0.15, -0.1) is 0 Å². The summed E-state index contributed by atoms with van der Waals surface area (Å²) in [5.41, 5.74) is 0. The molecule has 0 aliphatic carbocycles. The second-order valence-electron chi connectivity index (χ2n) is 6.85. The summed E-state index contributed by atoms with van der Waals surface area (Å²) in [6.07, 6.45) is 21.7. The zero-order valence-corrected chi connectivity index (χ0v) is 32.1. The van der Waals surface area contributed by atoms with E-state index in [1.54, 1.807) is 48.6 Å². The SMILES string of the molecule is O=C(OP(OC(=O)C1C=CC=C[Te]1)OC(=O)C1C=CC=C[Te]1)C1C=CC=C[Te]1.O=C([O-])C1C=CC=C[Te]1.[Na+]. The van der Waals surface area contributed by atoms with Gasteiger partial charge in [-0.05, 0) is 0 Å². The minimum atomic E-state index is -2.41. The Kier molecular flexibility index (Phi) is 17.7. The van der Waals surface area contributed by atoms with E-state index in [4.69, 9.17) is 13.6 Å². The van der Waals surface area contributed by atoms with Crippen molar-refractivity contribution in [1.29, 1.82) is 0 Å². The molecule has 4 atom stereocenters. The van der Waals surface area contributed by atoms with Crippen LogP contribution in [0.4, 0.5) is 0 Å². The van der Waals surface area contributed by atoms with Crippen molar-refractivity contribution in [2.24, 2.45) is 0 Å². The zero-order valence-electron chi connectivity index (χ0n) is 19.9. The van der Waals surface area contributed by atoms with E-state index >= 15 is 0 Å². The first-order chi connectivity index (χ1) is 17.9. The van der Waals surface area contributed by atoms with Crippen molar-refractivity contribution in [3.63, 3.8) is 0 Å². The van der Waals surface area contributed by atoms with E-state index in [2.05, 4.69) is 0 Å². The summed E-state index contributed by atoms with van der Waals surface area (Å²) in [6, 6.07) is 0. The summed E-state index contributed by atoms with van der Waals surface area (Å²) in [4.78, 5) is 47.5. The van der Waals surface area contributed by atoms with E-state index in [9.17, 15) is 24.3 Å². The number of allylic oxidation sites excluding steroid dienone is 8. The summed E-state index contributed by atoms with van der Waals surface area (Å²) >= 11 is -2.64. The van der Waals surface area contributed by atoms with Crippen molar-refractivity contribution in [1.82, 2.24) is 0 Å². The summed E-state index contributed by atoms with van der Waals surface area (Å²) in [5.74, 6) is -2.47. The first-order valence-corrected chi connectivity index (χ1v) is 22.4. The van der Waals surface area contributed by atoms with Gasteiger partial charge in [0.1, 0.15) is 0 Å². The second-order valence-corrected chi connectivity index (χ2v) is 19.9. The number of hydrogen-bond acceptors (Lipinski definition) is 8. The number of carbonyl (C=O) groups excluding carboxylic acids is 4. The molecule has 0 radical (unpaired) electrons. The predicted molar refractivity (Wildman–Crippen MR) is 141 cm³/mol. The van der Waals surface area contributed by atoms with Crippen molar-refractivity contribution in [3.05, 3.63) is 89.4 Å². The molecule has 0 aromatic carbocycles. The van der Waals surface area contributed by atoms with Gasteiger partial charge in [-0.25, -0.2) is 0 Å². The zero-order chi connectivity index (χ0) is 26.5. The van der Waals surface area contributed by atoms with Crippen LogP contribution in [0, 0.1) is 0 Å². The molecule has 4 aliphatic heterocycles. The fourth-order valence-corrected chi connectivity index (χ4v) is 11.8. The minimum Gasteiger partial charge on any atom is 1.00 e.